The van der Waals surface area contributed by atoms with Gasteiger partial charge in [-0.1, -0.05) is 11.6 Å². The van der Waals surface area contributed by atoms with E-state index in [-0.39, 0.29) is 10.7 Å². The highest BCUT2D eigenvalue weighted by Crippen LogP contribution is 2.23. The number of rotatable bonds is 1. The Balaban J connectivity index is 3.23. The molecule has 1 nitrogen and oxygen atoms in total. The fraction of sp³-hybridized carbons (Fsp3) is 0.286. The molecule has 0 bridgehead atoms. The average Bonchev–Trinajstić information content (AvgIpc) is 1.96. The fourth-order valence-corrected chi connectivity index (χ4v) is 0.868. The highest BCUT2D eigenvalue weighted by Gasteiger charge is 2.16. The first-order valence-electron chi connectivity index (χ1n) is 3.13. The van der Waals surface area contributed by atoms with Crippen molar-refractivity contribution in [2.75, 3.05) is 0 Å². The van der Waals surface area contributed by atoms with Gasteiger partial charge in [-0.3, -0.25) is 0 Å². The molecule has 0 aliphatic heterocycles. The lowest BCUT2D eigenvalue weighted by Gasteiger charge is -2.03. The number of halogens is 4. The summed E-state index contributed by atoms with van der Waals surface area (Å²) in [5, 5.41) is 0.0527. The summed E-state index contributed by atoms with van der Waals surface area (Å²) >= 11 is 5.44. The molecule has 1 aromatic heterocycles. The van der Waals surface area contributed by atoms with E-state index in [2.05, 4.69) is 4.98 Å². The first-order valence-corrected chi connectivity index (χ1v) is 3.51. The lowest BCUT2D eigenvalue weighted by Crippen LogP contribution is -1.97. The van der Waals surface area contributed by atoms with E-state index in [0.29, 0.717) is 0 Å². The summed E-state index contributed by atoms with van der Waals surface area (Å²) in [7, 11) is 0. The summed E-state index contributed by atoms with van der Waals surface area (Å²) in [6.45, 7) is 1.44. The van der Waals surface area contributed by atoms with Gasteiger partial charge in [0.05, 0.1) is 10.7 Å². The van der Waals surface area contributed by atoms with E-state index in [4.69, 9.17) is 11.6 Å². The minimum Gasteiger partial charge on any atom is -0.247 e. The Morgan fingerprint density at radius 1 is 1.50 bits per heavy atom. The summed E-state index contributed by atoms with van der Waals surface area (Å²) in [6, 6.07) is 0.839. The van der Waals surface area contributed by atoms with E-state index in [0.717, 1.165) is 6.07 Å². The summed E-state index contributed by atoms with van der Waals surface area (Å²) < 4.78 is 36.6. The number of aryl methyl sites for hydroxylation is 1. The molecule has 0 amide bonds. The second-order valence-electron chi connectivity index (χ2n) is 2.22. The zero-order valence-electron chi connectivity index (χ0n) is 6.11. The van der Waals surface area contributed by atoms with Gasteiger partial charge in [0.1, 0.15) is 5.69 Å². The Morgan fingerprint density at radius 3 is 2.58 bits per heavy atom. The van der Waals surface area contributed by atoms with Crippen LogP contribution in [0.25, 0.3) is 0 Å². The van der Waals surface area contributed by atoms with Crippen LogP contribution in [0.15, 0.2) is 6.07 Å². The first kappa shape index (κ1) is 9.32. The normalized spacial score (nSPS) is 10.8. The molecule has 5 heteroatoms. The molecule has 0 aromatic carbocycles. The second kappa shape index (κ2) is 3.31. The molecule has 0 N–H and O–H groups in total. The Morgan fingerprint density at radius 2 is 2.08 bits per heavy atom. The third-order valence-corrected chi connectivity index (χ3v) is 1.72. The Labute approximate surface area is 72.2 Å². The van der Waals surface area contributed by atoms with Crippen LogP contribution in [0.1, 0.15) is 17.8 Å². The topological polar surface area (TPSA) is 12.9 Å². The number of hydrogen-bond acceptors (Lipinski definition) is 1. The van der Waals surface area contributed by atoms with Crippen LogP contribution in [0.4, 0.5) is 13.2 Å². The molecule has 1 aromatic rings. The van der Waals surface area contributed by atoms with Crippen LogP contribution in [-0.2, 0) is 0 Å². The van der Waals surface area contributed by atoms with Gasteiger partial charge < -0.3 is 0 Å². The number of alkyl halides is 2. The zero-order chi connectivity index (χ0) is 9.30. The SMILES string of the molecule is Cc1nc(C(F)F)c(F)cc1Cl. The number of hydrogen-bond donors (Lipinski definition) is 0. The predicted octanol–water partition coefficient (Wildman–Crippen LogP) is 3.12. The monoisotopic (exact) mass is 195 g/mol. The van der Waals surface area contributed by atoms with Crippen molar-refractivity contribution < 1.29 is 13.2 Å². The van der Waals surface area contributed by atoms with Gasteiger partial charge in [-0.05, 0) is 13.0 Å². The van der Waals surface area contributed by atoms with Crippen LogP contribution >= 0.6 is 11.6 Å². The van der Waals surface area contributed by atoms with Crippen molar-refractivity contribution in [1.29, 1.82) is 0 Å². The summed E-state index contributed by atoms with van der Waals surface area (Å²) in [6.07, 6.45) is -2.90. The molecule has 0 fully saturated rings. The highest BCUT2D eigenvalue weighted by molar-refractivity contribution is 6.31. The van der Waals surface area contributed by atoms with Gasteiger partial charge in [0.25, 0.3) is 6.43 Å². The molecule has 0 spiro atoms. The predicted molar refractivity (Wildman–Crippen MR) is 38.9 cm³/mol. The van der Waals surface area contributed by atoms with E-state index < -0.39 is 17.9 Å². The standard InChI is InChI=1S/C7H5ClF3N/c1-3-4(8)2-5(9)6(12-3)7(10)11/h2,7H,1H3. The maximum Gasteiger partial charge on any atom is 0.283 e. The Kier molecular flexibility index (Phi) is 2.57. The maximum absolute atomic E-state index is 12.7. The molecule has 12 heavy (non-hydrogen) atoms. The average molecular weight is 196 g/mol. The minimum absolute atomic E-state index is 0.0527. The quantitative estimate of drug-likeness (QED) is 0.671. The number of aromatic nitrogens is 1. The number of pyridine rings is 1. The van der Waals surface area contributed by atoms with Crippen LogP contribution < -0.4 is 0 Å². The van der Waals surface area contributed by atoms with E-state index >= 15 is 0 Å². The Bertz CT molecular complexity index is 301. The van der Waals surface area contributed by atoms with E-state index in [1.807, 2.05) is 0 Å². The van der Waals surface area contributed by atoms with Crippen molar-refractivity contribution in [3.63, 3.8) is 0 Å². The molecular formula is C7H5ClF3N. The largest absolute Gasteiger partial charge is 0.283 e. The van der Waals surface area contributed by atoms with Crippen molar-refractivity contribution in [2.45, 2.75) is 13.3 Å². The molecule has 0 saturated heterocycles. The molecule has 0 unspecified atom stereocenters. The summed E-state index contributed by atoms with van der Waals surface area (Å²) in [4.78, 5) is 3.31. The maximum atomic E-state index is 12.7. The summed E-state index contributed by atoms with van der Waals surface area (Å²) in [5.74, 6) is -1.07. The van der Waals surface area contributed by atoms with Crippen LogP contribution in [0.2, 0.25) is 5.02 Å². The fourth-order valence-electron chi connectivity index (χ4n) is 0.730. The van der Waals surface area contributed by atoms with Crippen LogP contribution in [-0.4, -0.2) is 4.98 Å². The third-order valence-electron chi connectivity index (χ3n) is 1.34. The van der Waals surface area contributed by atoms with Gasteiger partial charge >= 0.3 is 0 Å². The van der Waals surface area contributed by atoms with Crippen LogP contribution in [0.3, 0.4) is 0 Å². The van der Waals surface area contributed by atoms with Gasteiger partial charge in [-0.25, -0.2) is 18.2 Å². The Hall–Kier alpha value is -0.770. The van der Waals surface area contributed by atoms with E-state index in [1.54, 1.807) is 0 Å². The molecule has 1 rings (SSSR count). The van der Waals surface area contributed by atoms with Crippen molar-refractivity contribution in [2.24, 2.45) is 0 Å². The molecule has 66 valence electrons. The van der Waals surface area contributed by atoms with Gasteiger partial charge in [0.15, 0.2) is 5.82 Å². The molecular weight excluding hydrogens is 191 g/mol. The summed E-state index contributed by atoms with van der Waals surface area (Å²) in [5.41, 5.74) is -0.648. The van der Waals surface area contributed by atoms with Crippen molar-refractivity contribution in [1.82, 2.24) is 4.98 Å². The van der Waals surface area contributed by atoms with Crippen LogP contribution in [0, 0.1) is 12.7 Å². The van der Waals surface area contributed by atoms with Gasteiger partial charge in [-0.2, -0.15) is 0 Å². The lowest BCUT2D eigenvalue weighted by atomic mass is 10.3. The van der Waals surface area contributed by atoms with E-state index in [1.165, 1.54) is 6.92 Å². The smallest absolute Gasteiger partial charge is 0.247 e. The van der Waals surface area contributed by atoms with Gasteiger partial charge in [0, 0.05) is 0 Å². The van der Waals surface area contributed by atoms with Crippen molar-refractivity contribution >= 4 is 11.6 Å². The third kappa shape index (κ3) is 1.69. The van der Waals surface area contributed by atoms with Gasteiger partial charge in [0.2, 0.25) is 0 Å². The first-order chi connectivity index (χ1) is 5.52. The van der Waals surface area contributed by atoms with Crippen molar-refractivity contribution in [3.8, 4) is 0 Å². The molecule has 0 radical (unpaired) electrons. The van der Waals surface area contributed by atoms with Crippen molar-refractivity contribution in [3.05, 3.63) is 28.3 Å². The highest BCUT2D eigenvalue weighted by atomic mass is 35.5. The molecule has 0 atom stereocenters. The zero-order valence-corrected chi connectivity index (χ0v) is 6.87. The molecule has 0 aliphatic rings. The second-order valence-corrected chi connectivity index (χ2v) is 2.63. The lowest BCUT2D eigenvalue weighted by molar-refractivity contribution is 0.140. The molecule has 0 aliphatic carbocycles. The van der Waals surface area contributed by atoms with Gasteiger partial charge in [-0.15, -0.1) is 0 Å². The van der Waals surface area contributed by atoms with E-state index in [9.17, 15) is 13.2 Å². The number of nitrogens with zero attached hydrogens (tertiary/aromatic N) is 1. The van der Waals surface area contributed by atoms with Crippen LogP contribution in [0.5, 0.6) is 0 Å². The minimum atomic E-state index is -2.90. The molecule has 0 saturated carbocycles. The molecule has 1 heterocycles.